The lowest BCUT2D eigenvalue weighted by atomic mass is 9.83. The number of rotatable bonds is 3. The Kier molecular flexibility index (Phi) is 3.30. The van der Waals surface area contributed by atoms with E-state index in [0.29, 0.717) is 16.7 Å². The van der Waals surface area contributed by atoms with Gasteiger partial charge in [0.15, 0.2) is 5.78 Å². The number of aliphatic imine (C=N–C) groups is 1. The molecule has 0 saturated heterocycles. The van der Waals surface area contributed by atoms with Gasteiger partial charge in [-0.2, -0.15) is 0 Å². The van der Waals surface area contributed by atoms with E-state index >= 15 is 0 Å². The largest absolute Gasteiger partial charge is 0.292 e. The van der Waals surface area contributed by atoms with Crippen LogP contribution in [0.4, 0.5) is 5.69 Å². The minimum Gasteiger partial charge on any atom is -0.292 e. The summed E-state index contributed by atoms with van der Waals surface area (Å²) in [6.45, 7) is 0. The summed E-state index contributed by atoms with van der Waals surface area (Å²) in [7, 11) is 0. The van der Waals surface area contributed by atoms with E-state index in [1.165, 1.54) is 12.8 Å². The Balaban J connectivity index is 1.79. The van der Waals surface area contributed by atoms with Crippen LogP contribution in [0.1, 0.15) is 36.3 Å². The molecule has 110 valence electrons. The zero-order valence-electron chi connectivity index (χ0n) is 12.0. The van der Waals surface area contributed by atoms with Gasteiger partial charge in [0.1, 0.15) is 5.71 Å². The van der Waals surface area contributed by atoms with E-state index in [1.807, 2.05) is 18.2 Å². The summed E-state index contributed by atoms with van der Waals surface area (Å²) < 4.78 is 0. The summed E-state index contributed by atoms with van der Waals surface area (Å²) in [5.74, 6) is 0.709. The van der Waals surface area contributed by atoms with Crippen molar-refractivity contribution in [2.45, 2.75) is 25.2 Å². The van der Waals surface area contributed by atoms with Crippen LogP contribution in [-0.4, -0.2) is 16.5 Å². The lowest BCUT2D eigenvalue weighted by Crippen LogP contribution is -2.27. The summed E-state index contributed by atoms with van der Waals surface area (Å²) in [4.78, 5) is 21.7. The van der Waals surface area contributed by atoms with Crippen LogP contribution in [0.2, 0.25) is 5.02 Å². The number of ketones is 1. The third kappa shape index (κ3) is 2.46. The third-order valence-corrected chi connectivity index (χ3v) is 4.63. The van der Waals surface area contributed by atoms with Gasteiger partial charge in [-0.25, -0.2) is 4.99 Å². The van der Waals surface area contributed by atoms with Gasteiger partial charge in [-0.3, -0.25) is 9.78 Å². The molecule has 2 aliphatic rings. The van der Waals surface area contributed by atoms with Crippen molar-refractivity contribution >= 4 is 28.8 Å². The number of benzene rings is 1. The summed E-state index contributed by atoms with van der Waals surface area (Å²) in [6, 6.07) is 9.23. The van der Waals surface area contributed by atoms with E-state index in [9.17, 15) is 4.79 Å². The summed E-state index contributed by atoms with van der Waals surface area (Å²) in [6.07, 6.45) is 6.88. The van der Waals surface area contributed by atoms with Crippen LogP contribution in [-0.2, 0) is 4.79 Å². The molecule has 0 spiro atoms. The van der Waals surface area contributed by atoms with Crippen molar-refractivity contribution in [3.8, 4) is 0 Å². The van der Waals surface area contributed by atoms with Crippen LogP contribution in [0, 0.1) is 5.92 Å². The second kappa shape index (κ2) is 5.33. The second-order valence-corrected chi connectivity index (χ2v) is 6.43. The first kappa shape index (κ1) is 13.6. The van der Waals surface area contributed by atoms with Gasteiger partial charge in [0.05, 0.1) is 17.8 Å². The van der Waals surface area contributed by atoms with Crippen molar-refractivity contribution in [2.24, 2.45) is 10.9 Å². The smallest absolute Gasteiger partial charge is 0.189 e. The number of hydrogen-bond donors (Lipinski definition) is 0. The molecule has 1 saturated carbocycles. The molecule has 1 aromatic heterocycles. The molecular formula is C18H15ClN2O. The highest BCUT2D eigenvalue weighted by atomic mass is 35.5. The zero-order chi connectivity index (χ0) is 15.1. The summed E-state index contributed by atoms with van der Waals surface area (Å²) in [5, 5.41) is 0.657. The Morgan fingerprint density at radius 2 is 1.91 bits per heavy atom. The lowest BCUT2D eigenvalue weighted by Gasteiger charge is -2.23. The predicted octanol–water partition coefficient (Wildman–Crippen LogP) is 4.32. The van der Waals surface area contributed by atoms with Crippen LogP contribution in [0.25, 0.3) is 0 Å². The van der Waals surface area contributed by atoms with Crippen LogP contribution in [0.3, 0.4) is 0 Å². The highest BCUT2D eigenvalue weighted by molar-refractivity contribution is 6.49. The van der Waals surface area contributed by atoms with Crippen LogP contribution >= 0.6 is 11.6 Å². The van der Waals surface area contributed by atoms with Gasteiger partial charge in [-0.05, 0) is 36.1 Å². The van der Waals surface area contributed by atoms with Crippen LogP contribution in [0.5, 0.6) is 0 Å². The van der Waals surface area contributed by atoms with Crippen molar-refractivity contribution in [1.29, 1.82) is 0 Å². The van der Waals surface area contributed by atoms with Gasteiger partial charge in [0.25, 0.3) is 0 Å². The molecule has 1 aliphatic carbocycles. The minimum absolute atomic E-state index is 0.0892. The van der Waals surface area contributed by atoms with E-state index in [0.717, 1.165) is 23.2 Å². The fourth-order valence-electron chi connectivity index (χ4n) is 3.00. The number of pyridine rings is 1. The molecule has 1 aromatic carbocycles. The van der Waals surface area contributed by atoms with E-state index in [1.54, 1.807) is 24.5 Å². The molecule has 1 aliphatic heterocycles. The Hall–Kier alpha value is -2.00. The van der Waals surface area contributed by atoms with Crippen molar-refractivity contribution in [1.82, 2.24) is 4.98 Å². The van der Waals surface area contributed by atoms with Gasteiger partial charge in [-0.15, -0.1) is 0 Å². The van der Waals surface area contributed by atoms with Crippen molar-refractivity contribution in [3.05, 3.63) is 58.9 Å². The number of nitrogens with zero attached hydrogens (tertiary/aromatic N) is 2. The molecule has 3 nitrogen and oxygen atoms in total. The van der Waals surface area contributed by atoms with E-state index in [2.05, 4.69) is 9.98 Å². The van der Waals surface area contributed by atoms with Gasteiger partial charge < -0.3 is 0 Å². The predicted molar refractivity (Wildman–Crippen MR) is 87.0 cm³/mol. The number of fused-ring (bicyclic) bond motifs is 1. The summed E-state index contributed by atoms with van der Waals surface area (Å²) >= 11 is 5.94. The molecule has 1 atom stereocenters. The van der Waals surface area contributed by atoms with Gasteiger partial charge in [0, 0.05) is 16.8 Å². The highest BCUT2D eigenvalue weighted by Gasteiger charge is 2.36. The van der Waals surface area contributed by atoms with Crippen molar-refractivity contribution < 1.29 is 4.79 Å². The Labute approximate surface area is 134 Å². The summed E-state index contributed by atoms with van der Waals surface area (Å²) in [5.41, 5.74) is 3.19. The average molecular weight is 311 g/mol. The topological polar surface area (TPSA) is 42.3 Å². The van der Waals surface area contributed by atoms with Crippen LogP contribution in [0.15, 0.2) is 47.7 Å². The number of hydrogen-bond acceptors (Lipinski definition) is 3. The normalized spacial score (nSPS) is 20.5. The quantitative estimate of drug-likeness (QED) is 0.847. The third-order valence-electron chi connectivity index (χ3n) is 4.37. The molecular weight excluding hydrogens is 296 g/mol. The molecule has 4 rings (SSSR count). The molecule has 22 heavy (non-hydrogen) atoms. The zero-order valence-corrected chi connectivity index (χ0v) is 12.8. The molecule has 1 fully saturated rings. The standard InChI is InChI=1S/C18H15ClN2O/c19-13-5-3-12(4-6-13)17-18(22)15(9-11-1-2-11)14-7-8-20-10-16(14)21-17/h3-8,10-11,15H,1-2,9H2. The molecule has 2 heterocycles. The molecule has 0 N–H and O–H groups in total. The van der Waals surface area contributed by atoms with Crippen LogP contribution < -0.4 is 0 Å². The molecule has 0 bridgehead atoms. The number of halogens is 1. The molecule has 2 aromatic rings. The fraction of sp³-hybridized carbons (Fsp3) is 0.278. The molecule has 1 unspecified atom stereocenters. The SMILES string of the molecule is O=C1C(c2ccc(Cl)cc2)=Nc2cnccc2C1CC1CC1. The number of carbonyl (C=O) groups excluding carboxylic acids is 1. The first-order valence-corrected chi connectivity index (χ1v) is 7.93. The van der Waals surface area contributed by atoms with Gasteiger partial charge in [-0.1, -0.05) is 36.6 Å². The molecule has 0 amide bonds. The number of Topliss-reactive ketones (excluding diaryl/α,β-unsaturated/α-hetero) is 1. The van der Waals surface area contributed by atoms with E-state index < -0.39 is 0 Å². The van der Waals surface area contributed by atoms with Gasteiger partial charge in [0.2, 0.25) is 0 Å². The number of carbonyl (C=O) groups is 1. The lowest BCUT2D eigenvalue weighted by molar-refractivity contribution is -0.114. The first-order valence-electron chi connectivity index (χ1n) is 7.55. The Morgan fingerprint density at radius 1 is 1.14 bits per heavy atom. The van der Waals surface area contributed by atoms with E-state index in [4.69, 9.17) is 11.6 Å². The van der Waals surface area contributed by atoms with Crippen molar-refractivity contribution in [2.75, 3.05) is 0 Å². The highest BCUT2D eigenvalue weighted by Crippen LogP contribution is 2.43. The Bertz CT molecular complexity index is 763. The first-order chi connectivity index (χ1) is 10.7. The average Bonchev–Trinajstić information content (AvgIpc) is 3.35. The maximum atomic E-state index is 13.0. The maximum Gasteiger partial charge on any atom is 0.189 e. The maximum absolute atomic E-state index is 13.0. The second-order valence-electron chi connectivity index (χ2n) is 6.00. The van der Waals surface area contributed by atoms with Crippen molar-refractivity contribution in [3.63, 3.8) is 0 Å². The monoisotopic (exact) mass is 310 g/mol. The van der Waals surface area contributed by atoms with E-state index in [-0.39, 0.29) is 11.7 Å². The Morgan fingerprint density at radius 3 is 2.64 bits per heavy atom. The minimum atomic E-state index is -0.0892. The number of aromatic nitrogens is 1. The molecule has 4 heteroatoms. The molecule has 0 radical (unpaired) electrons. The van der Waals surface area contributed by atoms with Gasteiger partial charge >= 0.3 is 0 Å². The fourth-order valence-corrected chi connectivity index (χ4v) is 3.13.